The molecule has 0 N–H and O–H groups in total. The lowest BCUT2D eigenvalue weighted by Gasteiger charge is -2.08. The SMILES string of the molecule is C=C(/C=C\C=C/C)Cc1cnccc1C(=C)C. The quantitative estimate of drug-likeness (QED) is 0.679. The number of rotatable bonds is 5. The van der Waals surface area contributed by atoms with Crippen molar-refractivity contribution < 1.29 is 0 Å². The van der Waals surface area contributed by atoms with Crippen LogP contribution in [0.25, 0.3) is 5.57 Å². The zero-order valence-corrected chi connectivity index (χ0v) is 10.6. The van der Waals surface area contributed by atoms with E-state index in [-0.39, 0.29) is 0 Å². The Bertz CT molecular complexity index is 464. The Hall–Kier alpha value is -1.89. The Morgan fingerprint density at radius 3 is 2.76 bits per heavy atom. The maximum absolute atomic E-state index is 4.16. The predicted octanol–water partition coefficient (Wildman–Crippen LogP) is 4.35. The first-order valence-corrected chi connectivity index (χ1v) is 5.71. The van der Waals surface area contributed by atoms with Gasteiger partial charge in [-0.05, 0) is 37.5 Å². The van der Waals surface area contributed by atoms with Crippen LogP contribution in [0.1, 0.15) is 25.0 Å². The molecule has 1 rings (SSSR count). The first kappa shape index (κ1) is 13.2. The number of nitrogens with zero attached hydrogens (tertiary/aromatic N) is 1. The van der Waals surface area contributed by atoms with Gasteiger partial charge in [0.1, 0.15) is 0 Å². The Morgan fingerprint density at radius 2 is 2.12 bits per heavy atom. The first-order chi connectivity index (χ1) is 8.15. The fourth-order valence-corrected chi connectivity index (χ4v) is 1.59. The lowest BCUT2D eigenvalue weighted by molar-refractivity contribution is 1.14. The van der Waals surface area contributed by atoms with E-state index in [0.717, 1.165) is 17.6 Å². The minimum atomic E-state index is 0.810. The third-order valence-electron chi connectivity index (χ3n) is 2.42. The molecule has 0 spiro atoms. The smallest absolute Gasteiger partial charge is 0.0309 e. The van der Waals surface area contributed by atoms with Gasteiger partial charge in [-0.1, -0.05) is 48.6 Å². The van der Waals surface area contributed by atoms with E-state index in [9.17, 15) is 0 Å². The molecule has 0 aliphatic carbocycles. The molecule has 17 heavy (non-hydrogen) atoms. The molecule has 0 saturated carbocycles. The summed E-state index contributed by atoms with van der Waals surface area (Å²) in [6.07, 6.45) is 12.5. The normalized spacial score (nSPS) is 11.2. The van der Waals surface area contributed by atoms with Crippen LogP contribution >= 0.6 is 0 Å². The Kier molecular flexibility index (Phi) is 5.15. The largest absolute Gasteiger partial charge is 0.264 e. The lowest BCUT2D eigenvalue weighted by Crippen LogP contribution is -1.94. The fourth-order valence-electron chi connectivity index (χ4n) is 1.59. The number of hydrogen-bond donors (Lipinski definition) is 0. The van der Waals surface area contributed by atoms with Crippen molar-refractivity contribution in [3.8, 4) is 0 Å². The highest BCUT2D eigenvalue weighted by atomic mass is 14.6. The average molecular weight is 225 g/mol. The molecule has 0 aromatic carbocycles. The molecule has 0 radical (unpaired) electrons. The summed E-state index contributed by atoms with van der Waals surface area (Å²) in [7, 11) is 0. The van der Waals surface area contributed by atoms with E-state index in [2.05, 4.69) is 18.1 Å². The topological polar surface area (TPSA) is 12.9 Å². The number of hydrogen-bond acceptors (Lipinski definition) is 1. The van der Waals surface area contributed by atoms with Crippen LogP contribution in [0.4, 0.5) is 0 Å². The maximum Gasteiger partial charge on any atom is 0.0309 e. The Balaban J connectivity index is 2.81. The molecular weight excluding hydrogens is 206 g/mol. The van der Waals surface area contributed by atoms with Crippen LogP contribution < -0.4 is 0 Å². The molecule has 1 nitrogen and oxygen atoms in total. The third kappa shape index (κ3) is 4.23. The number of aromatic nitrogens is 1. The van der Waals surface area contributed by atoms with Crippen molar-refractivity contribution in [1.29, 1.82) is 0 Å². The summed E-state index contributed by atoms with van der Waals surface area (Å²) in [5, 5.41) is 0. The highest BCUT2D eigenvalue weighted by molar-refractivity contribution is 5.64. The fraction of sp³-hybridized carbons (Fsp3) is 0.188. The summed E-state index contributed by atoms with van der Waals surface area (Å²) < 4.78 is 0. The molecule has 1 heterocycles. The molecule has 88 valence electrons. The van der Waals surface area contributed by atoms with Crippen LogP contribution in [-0.2, 0) is 6.42 Å². The summed E-state index contributed by atoms with van der Waals surface area (Å²) in [6.45, 7) is 12.0. The molecule has 0 atom stereocenters. The molecule has 0 unspecified atom stereocenters. The maximum atomic E-state index is 4.16. The van der Waals surface area contributed by atoms with E-state index >= 15 is 0 Å². The van der Waals surface area contributed by atoms with Gasteiger partial charge in [0.2, 0.25) is 0 Å². The molecular formula is C16H19N. The van der Waals surface area contributed by atoms with Crippen molar-refractivity contribution in [3.63, 3.8) is 0 Å². The zero-order chi connectivity index (χ0) is 12.7. The monoisotopic (exact) mass is 225 g/mol. The van der Waals surface area contributed by atoms with Crippen LogP contribution in [0.3, 0.4) is 0 Å². The molecule has 0 aliphatic heterocycles. The van der Waals surface area contributed by atoms with E-state index in [1.807, 2.05) is 50.4 Å². The molecule has 1 aromatic rings. The lowest BCUT2D eigenvalue weighted by atomic mass is 9.99. The van der Waals surface area contributed by atoms with Gasteiger partial charge in [-0.15, -0.1) is 0 Å². The predicted molar refractivity (Wildman–Crippen MR) is 75.7 cm³/mol. The molecule has 0 amide bonds. The van der Waals surface area contributed by atoms with Crippen molar-refractivity contribution in [2.45, 2.75) is 20.3 Å². The second-order valence-electron chi connectivity index (χ2n) is 4.03. The molecule has 0 bridgehead atoms. The second-order valence-corrected chi connectivity index (χ2v) is 4.03. The molecule has 0 saturated heterocycles. The minimum absolute atomic E-state index is 0.810. The summed E-state index contributed by atoms with van der Waals surface area (Å²) >= 11 is 0. The number of pyridine rings is 1. The van der Waals surface area contributed by atoms with Gasteiger partial charge >= 0.3 is 0 Å². The van der Waals surface area contributed by atoms with Crippen LogP contribution in [0, 0.1) is 0 Å². The van der Waals surface area contributed by atoms with Gasteiger partial charge in [-0.25, -0.2) is 0 Å². The van der Waals surface area contributed by atoms with E-state index in [1.165, 1.54) is 11.1 Å². The van der Waals surface area contributed by atoms with Gasteiger partial charge in [0.05, 0.1) is 0 Å². The molecule has 1 aromatic heterocycles. The molecule has 1 heteroatoms. The molecule has 0 fully saturated rings. The molecule has 0 aliphatic rings. The zero-order valence-electron chi connectivity index (χ0n) is 10.6. The summed E-state index contributed by atoms with van der Waals surface area (Å²) in [6, 6.07) is 2.00. The van der Waals surface area contributed by atoms with Gasteiger partial charge in [0.25, 0.3) is 0 Å². The van der Waals surface area contributed by atoms with Crippen molar-refractivity contribution in [1.82, 2.24) is 4.98 Å². The summed E-state index contributed by atoms with van der Waals surface area (Å²) in [5.74, 6) is 0. The number of allylic oxidation sites excluding steroid dienone is 6. The van der Waals surface area contributed by atoms with Crippen LogP contribution in [0.5, 0.6) is 0 Å². The first-order valence-electron chi connectivity index (χ1n) is 5.71. The highest BCUT2D eigenvalue weighted by Crippen LogP contribution is 2.18. The van der Waals surface area contributed by atoms with Crippen molar-refractivity contribution in [2.24, 2.45) is 0 Å². The van der Waals surface area contributed by atoms with Crippen molar-refractivity contribution in [3.05, 3.63) is 72.6 Å². The van der Waals surface area contributed by atoms with Gasteiger partial charge in [0, 0.05) is 12.4 Å². The third-order valence-corrected chi connectivity index (χ3v) is 2.42. The van der Waals surface area contributed by atoms with Gasteiger partial charge < -0.3 is 0 Å². The summed E-state index contributed by atoms with van der Waals surface area (Å²) in [5.41, 5.74) is 4.47. The van der Waals surface area contributed by atoms with Gasteiger partial charge in [-0.3, -0.25) is 4.98 Å². The summed E-state index contributed by atoms with van der Waals surface area (Å²) in [4.78, 5) is 4.16. The van der Waals surface area contributed by atoms with E-state index in [1.54, 1.807) is 6.20 Å². The van der Waals surface area contributed by atoms with Crippen LogP contribution in [-0.4, -0.2) is 4.98 Å². The standard InChI is InChI=1S/C16H19N/c1-5-6-7-8-14(4)11-15-12-17-10-9-16(15)13(2)3/h5-10,12H,2,4,11H2,1,3H3/b6-5-,8-7-. The highest BCUT2D eigenvalue weighted by Gasteiger charge is 2.03. The minimum Gasteiger partial charge on any atom is -0.264 e. The Labute approximate surface area is 104 Å². The van der Waals surface area contributed by atoms with Crippen molar-refractivity contribution in [2.75, 3.05) is 0 Å². The van der Waals surface area contributed by atoms with E-state index < -0.39 is 0 Å². The van der Waals surface area contributed by atoms with Crippen LogP contribution in [0.15, 0.2) is 61.5 Å². The van der Waals surface area contributed by atoms with E-state index in [0.29, 0.717) is 0 Å². The van der Waals surface area contributed by atoms with E-state index in [4.69, 9.17) is 0 Å². The second kappa shape index (κ2) is 6.64. The van der Waals surface area contributed by atoms with Gasteiger partial charge in [0.15, 0.2) is 0 Å². The Morgan fingerprint density at radius 1 is 1.35 bits per heavy atom. The van der Waals surface area contributed by atoms with Gasteiger partial charge in [-0.2, -0.15) is 0 Å². The van der Waals surface area contributed by atoms with Crippen molar-refractivity contribution >= 4 is 5.57 Å². The average Bonchev–Trinajstić information content (AvgIpc) is 2.29. The van der Waals surface area contributed by atoms with Crippen LogP contribution in [0.2, 0.25) is 0 Å².